The van der Waals surface area contributed by atoms with E-state index in [1.165, 1.54) is 26.2 Å². The molecule has 1 fully saturated rings. The van der Waals surface area contributed by atoms with Gasteiger partial charge in [-0.3, -0.25) is 24.1 Å². The van der Waals surface area contributed by atoms with Crippen LogP contribution in [0.25, 0.3) is 0 Å². The zero-order valence-electron chi connectivity index (χ0n) is 38.5. The summed E-state index contributed by atoms with van der Waals surface area (Å²) in [5.41, 5.74) is 1.51. The number of likely N-dealkylation sites (N-methyl/N-ethyl adjacent to an activating group) is 2. The summed E-state index contributed by atoms with van der Waals surface area (Å²) in [5.74, 6) is -2.64. The van der Waals surface area contributed by atoms with Crippen LogP contribution in [-0.2, 0) is 40.0 Å². The first kappa shape index (κ1) is 50.8. The molecule has 14 nitrogen and oxygen atoms in total. The lowest BCUT2D eigenvalue weighted by Crippen LogP contribution is -2.60. The van der Waals surface area contributed by atoms with Crippen molar-refractivity contribution >= 4 is 29.7 Å². The zero-order chi connectivity index (χ0) is 45.6. The summed E-state index contributed by atoms with van der Waals surface area (Å²) in [4.78, 5) is 74.1. The molecule has 1 saturated heterocycles. The first-order chi connectivity index (χ1) is 28.9. The van der Waals surface area contributed by atoms with Crippen LogP contribution in [0.4, 0.5) is 4.79 Å². The number of hydrogen-bond donors (Lipinski definition) is 3. The van der Waals surface area contributed by atoms with Gasteiger partial charge in [-0.25, -0.2) is 4.79 Å². The Bertz CT molecular complexity index is 1700. The highest BCUT2D eigenvalue weighted by Crippen LogP contribution is 2.30. The quantitative estimate of drug-likeness (QED) is 0.137. The molecule has 1 aliphatic heterocycles. The molecular weight excluding hydrogens is 779 g/mol. The van der Waals surface area contributed by atoms with Crippen LogP contribution >= 0.6 is 0 Å². The van der Waals surface area contributed by atoms with E-state index in [-0.39, 0.29) is 54.5 Å². The van der Waals surface area contributed by atoms with Crippen molar-refractivity contribution < 1.29 is 43.3 Å². The molecule has 0 spiro atoms. The third-order valence-electron chi connectivity index (χ3n) is 12.3. The van der Waals surface area contributed by atoms with Crippen LogP contribution in [0.5, 0.6) is 0 Å². The fourth-order valence-corrected chi connectivity index (χ4v) is 8.51. The summed E-state index contributed by atoms with van der Waals surface area (Å²) in [6.45, 7) is 15.4. The molecule has 14 heteroatoms. The molecule has 3 rings (SSSR count). The highest BCUT2D eigenvalue weighted by Gasteiger charge is 2.43. The maximum absolute atomic E-state index is 14.5. The van der Waals surface area contributed by atoms with Gasteiger partial charge in [0.05, 0.1) is 48.8 Å². The molecule has 0 aliphatic carbocycles. The molecule has 5 amide bonds. The van der Waals surface area contributed by atoms with Gasteiger partial charge in [0.25, 0.3) is 0 Å². The van der Waals surface area contributed by atoms with Crippen LogP contribution in [0.15, 0.2) is 60.7 Å². The summed E-state index contributed by atoms with van der Waals surface area (Å²) in [6.07, 6.45) is -0.842. The van der Waals surface area contributed by atoms with Crippen LogP contribution in [0.2, 0.25) is 0 Å². The second-order valence-electron chi connectivity index (χ2n) is 17.3. The number of nitrogens with zero attached hydrogens (tertiary/aromatic N) is 3. The Kier molecular flexibility index (Phi) is 20.2. The SMILES string of the molecule is CC[C@H](C)[C@@H]([C@@H](CC(=O)N1CCC[C@@H]1[C@H](OC)[C@@H](C)C(=O)N[C@H](C)[C@@H](O)c1ccccc1)OC)N(C)C(=O)[C@@H](NC(=O)[C@H](C(C)C)N(C)C(=O)OCc1ccccc1)C(C)C. The lowest BCUT2D eigenvalue weighted by Gasteiger charge is -2.41. The van der Waals surface area contributed by atoms with E-state index < -0.39 is 60.4 Å². The van der Waals surface area contributed by atoms with Crippen molar-refractivity contribution in [1.82, 2.24) is 25.3 Å². The Hall–Kier alpha value is -4.53. The van der Waals surface area contributed by atoms with Crippen molar-refractivity contribution in [2.75, 3.05) is 34.9 Å². The number of hydrogen-bond acceptors (Lipinski definition) is 9. The highest BCUT2D eigenvalue weighted by molar-refractivity contribution is 5.91. The molecule has 10 atom stereocenters. The number of nitrogens with one attached hydrogen (secondary N) is 2. The summed E-state index contributed by atoms with van der Waals surface area (Å²) in [6, 6.07) is 15.1. The van der Waals surface area contributed by atoms with Crippen LogP contribution in [0, 0.1) is 23.7 Å². The molecule has 340 valence electrons. The fourth-order valence-electron chi connectivity index (χ4n) is 8.51. The molecule has 2 aromatic rings. The van der Waals surface area contributed by atoms with Crippen LogP contribution in [0.3, 0.4) is 0 Å². The van der Waals surface area contributed by atoms with Gasteiger partial charge in [0.15, 0.2) is 0 Å². The van der Waals surface area contributed by atoms with Gasteiger partial charge in [0.1, 0.15) is 18.7 Å². The minimum atomic E-state index is -0.943. The number of ether oxygens (including phenoxy) is 3. The van der Waals surface area contributed by atoms with Crippen molar-refractivity contribution in [3.05, 3.63) is 71.8 Å². The number of rotatable bonds is 22. The van der Waals surface area contributed by atoms with E-state index in [0.29, 0.717) is 24.9 Å². The second kappa shape index (κ2) is 24.2. The molecule has 61 heavy (non-hydrogen) atoms. The minimum Gasteiger partial charge on any atom is -0.445 e. The number of carbonyl (C=O) groups excluding carboxylic acids is 5. The molecule has 2 aromatic carbocycles. The number of benzene rings is 2. The number of aliphatic hydroxyl groups excluding tert-OH is 1. The maximum Gasteiger partial charge on any atom is 0.410 e. The van der Waals surface area contributed by atoms with E-state index in [9.17, 15) is 29.1 Å². The third-order valence-corrected chi connectivity index (χ3v) is 12.3. The van der Waals surface area contributed by atoms with E-state index in [1.807, 2.05) is 102 Å². The van der Waals surface area contributed by atoms with Crippen molar-refractivity contribution in [2.45, 2.75) is 136 Å². The molecule has 1 aliphatic rings. The molecular formula is C47H73N5O9. The van der Waals surface area contributed by atoms with Gasteiger partial charge in [0.2, 0.25) is 23.6 Å². The number of carbonyl (C=O) groups is 5. The summed E-state index contributed by atoms with van der Waals surface area (Å²) < 4.78 is 17.5. The number of aliphatic hydroxyl groups is 1. The van der Waals surface area contributed by atoms with Gasteiger partial charge in [-0.2, -0.15) is 0 Å². The number of amides is 5. The second-order valence-corrected chi connectivity index (χ2v) is 17.3. The lowest BCUT2D eigenvalue weighted by molar-refractivity contribution is -0.148. The van der Waals surface area contributed by atoms with E-state index in [0.717, 1.165) is 12.0 Å². The average molecular weight is 852 g/mol. The molecule has 0 aromatic heterocycles. The van der Waals surface area contributed by atoms with Gasteiger partial charge >= 0.3 is 6.09 Å². The smallest absolute Gasteiger partial charge is 0.410 e. The maximum atomic E-state index is 14.5. The number of likely N-dealkylation sites (tertiary alicyclic amines) is 1. The topological polar surface area (TPSA) is 167 Å². The average Bonchev–Trinajstić information content (AvgIpc) is 3.74. The molecule has 0 saturated carbocycles. The molecule has 0 unspecified atom stereocenters. The monoisotopic (exact) mass is 852 g/mol. The molecule has 1 heterocycles. The summed E-state index contributed by atoms with van der Waals surface area (Å²) in [5, 5.41) is 16.8. The Labute approximate surface area is 364 Å². The summed E-state index contributed by atoms with van der Waals surface area (Å²) >= 11 is 0. The van der Waals surface area contributed by atoms with Gasteiger partial charge in [-0.15, -0.1) is 0 Å². The van der Waals surface area contributed by atoms with E-state index >= 15 is 0 Å². The standard InChI is InChI=1S/C47H73N5O9/c1-13-31(6)41(50(9)46(57)39(29(2)3)49-45(56)40(30(4)5)51(10)47(58)61-28-34-21-16-14-17-22-34)37(59-11)27-38(53)52-26-20-25-36(52)43(60-12)32(7)44(55)48-33(8)42(54)35-23-18-15-19-24-35/h14-19,21-24,29-33,36-37,39-43,54H,13,20,25-28H2,1-12H3,(H,48,55)(H,49,56)/t31-,32+,33+,36+,37+,39-,40-,41-,42+,43+/m0/s1. The van der Waals surface area contributed by atoms with Crippen LogP contribution in [-0.4, -0.2) is 127 Å². The zero-order valence-corrected chi connectivity index (χ0v) is 38.5. The van der Waals surface area contributed by atoms with Gasteiger partial charge < -0.3 is 39.8 Å². The van der Waals surface area contributed by atoms with Gasteiger partial charge in [-0.1, -0.05) is 116 Å². The van der Waals surface area contributed by atoms with Gasteiger partial charge in [-0.05, 0) is 48.6 Å². The minimum absolute atomic E-state index is 0.0268. The predicted octanol–water partition coefficient (Wildman–Crippen LogP) is 5.58. The third kappa shape index (κ3) is 13.5. The Morgan fingerprint density at radius 3 is 1.97 bits per heavy atom. The van der Waals surface area contributed by atoms with Crippen molar-refractivity contribution in [1.29, 1.82) is 0 Å². The van der Waals surface area contributed by atoms with E-state index in [1.54, 1.807) is 30.7 Å². The highest BCUT2D eigenvalue weighted by atomic mass is 16.6. The predicted molar refractivity (Wildman–Crippen MR) is 235 cm³/mol. The van der Waals surface area contributed by atoms with E-state index in [2.05, 4.69) is 10.6 Å². The first-order valence-corrected chi connectivity index (χ1v) is 21.8. The van der Waals surface area contributed by atoms with E-state index in [4.69, 9.17) is 14.2 Å². The molecule has 3 N–H and O–H groups in total. The molecule has 0 bridgehead atoms. The molecule has 0 radical (unpaired) electrons. The Balaban J connectivity index is 1.75. The van der Waals surface area contributed by atoms with Crippen LogP contribution < -0.4 is 10.6 Å². The van der Waals surface area contributed by atoms with Crippen molar-refractivity contribution in [2.24, 2.45) is 23.7 Å². The number of methoxy groups -OCH3 is 2. The Morgan fingerprint density at radius 1 is 0.820 bits per heavy atom. The van der Waals surface area contributed by atoms with Gasteiger partial charge in [0, 0.05) is 34.9 Å². The van der Waals surface area contributed by atoms with Crippen LogP contribution in [0.1, 0.15) is 98.3 Å². The lowest BCUT2D eigenvalue weighted by atomic mass is 9.89. The largest absolute Gasteiger partial charge is 0.445 e. The van der Waals surface area contributed by atoms with Crippen molar-refractivity contribution in [3.63, 3.8) is 0 Å². The normalized spacial score (nSPS) is 18.5. The Morgan fingerprint density at radius 2 is 1.43 bits per heavy atom. The summed E-state index contributed by atoms with van der Waals surface area (Å²) in [7, 11) is 6.27. The van der Waals surface area contributed by atoms with Crippen molar-refractivity contribution in [3.8, 4) is 0 Å². The fraction of sp³-hybridized carbons (Fsp3) is 0.638. The first-order valence-electron chi connectivity index (χ1n) is 21.8.